The highest BCUT2D eigenvalue weighted by Crippen LogP contribution is 2.33. The Hall–Kier alpha value is -2.77. The number of carbonyl (C=O) groups excluding carboxylic acids is 1. The van der Waals surface area contributed by atoms with E-state index < -0.39 is 6.10 Å². The summed E-state index contributed by atoms with van der Waals surface area (Å²) in [6.45, 7) is 10.8. The topological polar surface area (TPSA) is 69.3 Å². The number of ether oxygens (including phenoxy) is 4. The number of carbonyl (C=O) groups is 1. The predicted molar refractivity (Wildman–Crippen MR) is 130 cm³/mol. The van der Waals surface area contributed by atoms with Crippen LogP contribution in [-0.4, -0.2) is 55.0 Å². The van der Waals surface area contributed by atoms with Crippen LogP contribution in [0.3, 0.4) is 0 Å². The summed E-state index contributed by atoms with van der Waals surface area (Å²) >= 11 is 0. The van der Waals surface area contributed by atoms with Gasteiger partial charge < -0.3 is 24.3 Å². The maximum absolute atomic E-state index is 13.3. The lowest BCUT2D eigenvalue weighted by atomic mass is 10.1. The van der Waals surface area contributed by atoms with Gasteiger partial charge in [-0.15, -0.1) is 0 Å². The van der Waals surface area contributed by atoms with Gasteiger partial charge in [-0.25, -0.2) is 0 Å². The van der Waals surface area contributed by atoms with Gasteiger partial charge in [0.05, 0.1) is 6.10 Å². The van der Waals surface area contributed by atoms with E-state index in [0.29, 0.717) is 18.8 Å². The van der Waals surface area contributed by atoms with Crippen LogP contribution in [0.1, 0.15) is 44.7 Å². The number of aryl methyl sites for hydroxylation is 1. The van der Waals surface area contributed by atoms with Crippen molar-refractivity contribution in [3.05, 3.63) is 53.6 Å². The fourth-order valence-corrected chi connectivity index (χ4v) is 4.29. The van der Waals surface area contributed by atoms with Crippen LogP contribution in [0, 0.1) is 6.92 Å². The smallest absolute Gasteiger partial charge is 0.262 e. The fraction of sp³-hybridized carbons (Fsp3) is 0.519. The SMILES string of the molecule is Cc1cccc(OC(CN(Cc2ccc3c(c2)OCO3)CC2CCCO2)C(=O)NC(C)(C)C)c1. The van der Waals surface area contributed by atoms with Crippen LogP contribution in [0.25, 0.3) is 0 Å². The van der Waals surface area contributed by atoms with Gasteiger partial charge in [-0.3, -0.25) is 9.69 Å². The lowest BCUT2D eigenvalue weighted by molar-refractivity contribution is -0.130. The Labute approximate surface area is 202 Å². The summed E-state index contributed by atoms with van der Waals surface area (Å²) in [5, 5.41) is 3.09. The van der Waals surface area contributed by atoms with E-state index in [1.54, 1.807) is 0 Å². The number of hydrogen-bond donors (Lipinski definition) is 1. The number of fused-ring (bicyclic) bond motifs is 1. The number of hydrogen-bond acceptors (Lipinski definition) is 6. The molecule has 2 aromatic carbocycles. The third-order valence-corrected chi connectivity index (χ3v) is 5.81. The molecule has 0 saturated carbocycles. The molecule has 7 nitrogen and oxygen atoms in total. The quantitative estimate of drug-likeness (QED) is 0.598. The minimum absolute atomic E-state index is 0.128. The molecule has 1 fully saturated rings. The summed E-state index contributed by atoms with van der Waals surface area (Å²) in [6, 6.07) is 13.8. The maximum atomic E-state index is 13.3. The molecule has 0 spiro atoms. The second-order valence-corrected chi connectivity index (χ2v) is 10.2. The Morgan fingerprint density at radius 3 is 2.74 bits per heavy atom. The van der Waals surface area contributed by atoms with Crippen LogP contribution in [0.15, 0.2) is 42.5 Å². The molecule has 1 saturated heterocycles. The number of rotatable bonds is 9. The van der Waals surface area contributed by atoms with Crippen molar-refractivity contribution in [2.45, 2.75) is 64.8 Å². The van der Waals surface area contributed by atoms with E-state index in [-0.39, 0.29) is 24.3 Å². The van der Waals surface area contributed by atoms with Gasteiger partial charge in [-0.05, 0) is 75.9 Å². The van der Waals surface area contributed by atoms with Crippen LogP contribution in [0.5, 0.6) is 17.2 Å². The second kappa shape index (κ2) is 10.7. The summed E-state index contributed by atoms with van der Waals surface area (Å²) in [5.41, 5.74) is 1.82. The Kier molecular flexibility index (Phi) is 7.63. The molecular formula is C27H36N2O5. The highest BCUT2D eigenvalue weighted by atomic mass is 16.7. The first-order valence-electron chi connectivity index (χ1n) is 12.0. The minimum atomic E-state index is -0.670. The number of nitrogens with one attached hydrogen (secondary N) is 1. The van der Waals surface area contributed by atoms with E-state index >= 15 is 0 Å². The fourth-order valence-electron chi connectivity index (χ4n) is 4.29. The monoisotopic (exact) mass is 468 g/mol. The van der Waals surface area contributed by atoms with Gasteiger partial charge in [0.2, 0.25) is 6.79 Å². The van der Waals surface area contributed by atoms with Crippen LogP contribution in [0.2, 0.25) is 0 Å². The highest BCUT2D eigenvalue weighted by molar-refractivity contribution is 5.82. The summed E-state index contributed by atoms with van der Waals surface area (Å²) in [6.07, 6.45) is 1.57. The molecule has 2 unspecified atom stereocenters. The summed E-state index contributed by atoms with van der Waals surface area (Å²) < 4.78 is 23.2. The van der Waals surface area contributed by atoms with Gasteiger partial charge in [0, 0.05) is 31.8 Å². The summed E-state index contributed by atoms with van der Waals surface area (Å²) in [5.74, 6) is 2.08. The van der Waals surface area contributed by atoms with Crippen molar-refractivity contribution in [3.63, 3.8) is 0 Å². The van der Waals surface area contributed by atoms with Gasteiger partial charge in [0.1, 0.15) is 5.75 Å². The zero-order valence-corrected chi connectivity index (χ0v) is 20.6. The third-order valence-electron chi connectivity index (χ3n) is 5.81. The highest BCUT2D eigenvalue weighted by Gasteiger charge is 2.29. The molecule has 1 amide bonds. The number of benzene rings is 2. The molecule has 2 aliphatic rings. The zero-order valence-electron chi connectivity index (χ0n) is 20.6. The number of nitrogens with zero attached hydrogens (tertiary/aromatic N) is 1. The van der Waals surface area contributed by atoms with E-state index in [1.807, 2.05) is 70.2 Å². The van der Waals surface area contributed by atoms with E-state index in [1.165, 1.54) is 0 Å². The number of amides is 1. The average Bonchev–Trinajstić information content (AvgIpc) is 3.43. The molecule has 2 aromatic rings. The van der Waals surface area contributed by atoms with Gasteiger partial charge in [-0.2, -0.15) is 0 Å². The van der Waals surface area contributed by atoms with Crippen molar-refractivity contribution in [1.29, 1.82) is 0 Å². The van der Waals surface area contributed by atoms with Crippen LogP contribution >= 0.6 is 0 Å². The Bertz CT molecular complexity index is 981. The largest absolute Gasteiger partial charge is 0.479 e. The minimum Gasteiger partial charge on any atom is -0.479 e. The standard InChI is InChI=1S/C27H36N2O5/c1-19-7-5-8-21(13-19)34-25(26(30)28-27(2,3)4)17-29(16-22-9-6-12-31-22)15-20-10-11-23-24(14-20)33-18-32-23/h5,7-8,10-11,13-14,22,25H,6,9,12,15-18H2,1-4H3,(H,28,30). The molecule has 2 aliphatic heterocycles. The van der Waals surface area contributed by atoms with Crippen LogP contribution in [0.4, 0.5) is 0 Å². The van der Waals surface area contributed by atoms with Gasteiger partial charge >= 0.3 is 0 Å². The molecule has 2 atom stereocenters. The van der Waals surface area contributed by atoms with E-state index in [9.17, 15) is 4.79 Å². The zero-order chi connectivity index (χ0) is 24.1. The Morgan fingerprint density at radius 1 is 1.18 bits per heavy atom. The second-order valence-electron chi connectivity index (χ2n) is 10.2. The predicted octanol–water partition coefficient (Wildman–Crippen LogP) is 4.07. The first kappa shape index (κ1) is 24.4. The average molecular weight is 469 g/mol. The van der Waals surface area contributed by atoms with Crippen molar-refractivity contribution in [3.8, 4) is 17.2 Å². The molecule has 0 aliphatic carbocycles. The van der Waals surface area contributed by atoms with Crippen LogP contribution < -0.4 is 19.5 Å². The Morgan fingerprint density at radius 2 is 2.00 bits per heavy atom. The molecular weight excluding hydrogens is 432 g/mol. The van der Waals surface area contributed by atoms with E-state index in [2.05, 4.69) is 10.2 Å². The van der Waals surface area contributed by atoms with Crippen molar-refractivity contribution in [2.24, 2.45) is 0 Å². The molecule has 2 heterocycles. The first-order valence-corrected chi connectivity index (χ1v) is 12.0. The third kappa shape index (κ3) is 6.87. The Balaban J connectivity index is 1.54. The van der Waals surface area contributed by atoms with Crippen molar-refractivity contribution in [1.82, 2.24) is 10.2 Å². The molecule has 184 valence electrons. The van der Waals surface area contributed by atoms with Crippen molar-refractivity contribution >= 4 is 5.91 Å². The molecule has 4 rings (SSSR count). The first-order chi connectivity index (χ1) is 16.2. The molecule has 7 heteroatoms. The van der Waals surface area contributed by atoms with Crippen molar-refractivity contribution in [2.75, 3.05) is 26.5 Å². The van der Waals surface area contributed by atoms with Gasteiger partial charge in [0.15, 0.2) is 17.6 Å². The summed E-state index contributed by atoms with van der Waals surface area (Å²) in [4.78, 5) is 15.5. The summed E-state index contributed by atoms with van der Waals surface area (Å²) in [7, 11) is 0. The normalized spacial score (nSPS) is 18.2. The lowest BCUT2D eigenvalue weighted by Gasteiger charge is -2.31. The lowest BCUT2D eigenvalue weighted by Crippen LogP contribution is -2.52. The maximum Gasteiger partial charge on any atom is 0.262 e. The van der Waals surface area contributed by atoms with E-state index in [4.69, 9.17) is 18.9 Å². The van der Waals surface area contributed by atoms with Crippen molar-refractivity contribution < 1.29 is 23.7 Å². The molecule has 0 bridgehead atoms. The van der Waals surface area contributed by atoms with E-state index in [0.717, 1.165) is 48.6 Å². The van der Waals surface area contributed by atoms with Gasteiger partial charge in [0.25, 0.3) is 5.91 Å². The van der Waals surface area contributed by atoms with Gasteiger partial charge in [-0.1, -0.05) is 18.2 Å². The molecule has 0 aromatic heterocycles. The molecule has 34 heavy (non-hydrogen) atoms. The molecule has 0 radical (unpaired) electrons. The molecule has 1 N–H and O–H groups in total. The van der Waals surface area contributed by atoms with Crippen LogP contribution in [-0.2, 0) is 16.1 Å².